The van der Waals surface area contributed by atoms with Crippen LogP contribution in [0.1, 0.15) is 43.5 Å². The summed E-state index contributed by atoms with van der Waals surface area (Å²) in [5.74, 6) is -0.451. The van der Waals surface area contributed by atoms with E-state index < -0.39 is 17.8 Å². The van der Waals surface area contributed by atoms with E-state index in [-0.39, 0.29) is 23.8 Å². The SMILES string of the molecule is CCOC(=O)C1=C(c2ccccc2)N=c2s/c(=C\c3cc(Cl)ccc3OC(C)C)c(=O)n2[C@H]1c1ccc(F)cc1. The lowest BCUT2D eigenvalue weighted by atomic mass is 9.93. The molecule has 0 N–H and O–H groups in total. The minimum absolute atomic E-state index is 0.0893. The van der Waals surface area contributed by atoms with Gasteiger partial charge in [0.15, 0.2) is 4.80 Å². The minimum Gasteiger partial charge on any atom is -0.490 e. The Kier molecular flexibility index (Phi) is 8.00. The fraction of sp³-hybridized carbons (Fsp3) is 0.194. The van der Waals surface area contributed by atoms with Crippen molar-refractivity contribution in [3.05, 3.63) is 126 Å². The van der Waals surface area contributed by atoms with Crippen LogP contribution in [0.4, 0.5) is 4.39 Å². The zero-order chi connectivity index (χ0) is 28.4. The van der Waals surface area contributed by atoms with Gasteiger partial charge in [0.1, 0.15) is 11.6 Å². The van der Waals surface area contributed by atoms with Gasteiger partial charge in [0.05, 0.1) is 34.6 Å². The molecular weight excluding hydrogens is 551 g/mol. The van der Waals surface area contributed by atoms with Crippen molar-refractivity contribution < 1.29 is 18.7 Å². The van der Waals surface area contributed by atoms with Crippen molar-refractivity contribution in [3.8, 4) is 5.75 Å². The molecule has 3 aromatic carbocycles. The molecule has 6 nitrogen and oxygen atoms in total. The van der Waals surface area contributed by atoms with Crippen LogP contribution < -0.4 is 19.6 Å². The third kappa shape index (κ3) is 5.50. The summed E-state index contributed by atoms with van der Waals surface area (Å²) in [6, 6.07) is 19.3. The van der Waals surface area contributed by atoms with E-state index in [1.807, 2.05) is 44.2 Å². The zero-order valence-electron chi connectivity index (χ0n) is 22.1. The van der Waals surface area contributed by atoms with Gasteiger partial charge in [-0.1, -0.05) is 65.4 Å². The molecule has 1 aliphatic heterocycles. The second-order valence-corrected chi connectivity index (χ2v) is 10.8. The Bertz CT molecular complexity index is 1780. The molecule has 1 atom stereocenters. The van der Waals surface area contributed by atoms with Gasteiger partial charge in [0.25, 0.3) is 5.56 Å². The Morgan fingerprint density at radius 2 is 1.85 bits per heavy atom. The molecule has 4 aromatic rings. The van der Waals surface area contributed by atoms with Gasteiger partial charge in [0.2, 0.25) is 0 Å². The average Bonchev–Trinajstić information content (AvgIpc) is 3.24. The Balaban J connectivity index is 1.81. The molecule has 0 fully saturated rings. The van der Waals surface area contributed by atoms with E-state index in [4.69, 9.17) is 26.1 Å². The average molecular weight is 577 g/mol. The Labute approximate surface area is 239 Å². The van der Waals surface area contributed by atoms with Crippen LogP contribution in [0.25, 0.3) is 11.8 Å². The second-order valence-electron chi connectivity index (χ2n) is 9.33. The van der Waals surface area contributed by atoms with Crippen molar-refractivity contribution in [2.24, 2.45) is 4.99 Å². The third-order valence-corrected chi connectivity index (χ3v) is 7.40. The molecule has 0 radical (unpaired) electrons. The van der Waals surface area contributed by atoms with Crippen molar-refractivity contribution in [3.63, 3.8) is 0 Å². The molecule has 0 unspecified atom stereocenters. The lowest BCUT2D eigenvalue weighted by Gasteiger charge is -2.25. The predicted molar refractivity (Wildman–Crippen MR) is 155 cm³/mol. The summed E-state index contributed by atoms with van der Waals surface area (Å²) < 4.78 is 27.2. The van der Waals surface area contributed by atoms with Gasteiger partial charge in [-0.15, -0.1) is 0 Å². The first-order chi connectivity index (χ1) is 19.3. The molecule has 1 aromatic heterocycles. The van der Waals surface area contributed by atoms with Gasteiger partial charge in [0, 0.05) is 16.1 Å². The standard InChI is InChI=1S/C31H26ClFN2O4S/c1-4-38-30(37)26-27(19-8-6-5-7-9-19)34-31-35(28(26)20-10-13-23(33)14-11-20)29(36)25(40-31)17-21-16-22(32)12-15-24(21)39-18(2)3/h5-18,28H,4H2,1-3H3/b25-17-/t28-/m0/s1. The predicted octanol–water partition coefficient (Wildman–Crippen LogP) is 5.52. The second kappa shape index (κ2) is 11.6. The van der Waals surface area contributed by atoms with E-state index in [0.717, 1.165) is 0 Å². The van der Waals surface area contributed by atoms with E-state index in [1.165, 1.54) is 28.0 Å². The molecule has 0 saturated heterocycles. The van der Waals surface area contributed by atoms with Gasteiger partial charge in [-0.05, 0) is 62.7 Å². The Hall–Kier alpha value is -4.01. The number of esters is 1. The number of halogens is 2. The highest BCUT2D eigenvalue weighted by atomic mass is 35.5. The van der Waals surface area contributed by atoms with E-state index in [1.54, 1.807) is 43.3 Å². The molecule has 1 aliphatic rings. The smallest absolute Gasteiger partial charge is 0.338 e. The minimum atomic E-state index is -0.890. The monoisotopic (exact) mass is 576 g/mol. The Morgan fingerprint density at radius 1 is 1.12 bits per heavy atom. The molecule has 0 aliphatic carbocycles. The van der Waals surface area contributed by atoms with Crippen LogP contribution in [0.15, 0.2) is 88.2 Å². The number of nitrogens with zero attached hydrogens (tertiary/aromatic N) is 2. The van der Waals surface area contributed by atoms with Gasteiger partial charge >= 0.3 is 5.97 Å². The molecule has 204 valence electrons. The molecule has 2 heterocycles. The van der Waals surface area contributed by atoms with Gasteiger partial charge in [-0.3, -0.25) is 9.36 Å². The van der Waals surface area contributed by atoms with E-state index in [2.05, 4.69) is 0 Å². The lowest BCUT2D eigenvalue weighted by molar-refractivity contribution is -0.138. The normalized spacial score (nSPS) is 15.2. The molecule has 0 amide bonds. The Morgan fingerprint density at radius 3 is 2.52 bits per heavy atom. The fourth-order valence-corrected chi connectivity index (χ4v) is 5.71. The van der Waals surface area contributed by atoms with Crippen LogP contribution >= 0.6 is 22.9 Å². The summed E-state index contributed by atoms with van der Waals surface area (Å²) >= 11 is 7.47. The van der Waals surface area contributed by atoms with Crippen LogP contribution in [0.3, 0.4) is 0 Å². The van der Waals surface area contributed by atoms with E-state index in [0.29, 0.717) is 42.5 Å². The quantitative estimate of drug-likeness (QED) is 0.272. The van der Waals surface area contributed by atoms with E-state index in [9.17, 15) is 14.0 Å². The highest BCUT2D eigenvalue weighted by Crippen LogP contribution is 2.35. The summed E-state index contributed by atoms with van der Waals surface area (Å²) in [4.78, 5) is 32.7. The third-order valence-electron chi connectivity index (χ3n) is 6.18. The number of benzene rings is 3. The van der Waals surface area contributed by atoms with Crippen LogP contribution in [-0.4, -0.2) is 23.2 Å². The van der Waals surface area contributed by atoms with Crippen LogP contribution in [0.5, 0.6) is 5.75 Å². The number of thiazole rings is 1. The number of aromatic nitrogens is 1. The zero-order valence-corrected chi connectivity index (χ0v) is 23.6. The summed E-state index contributed by atoms with van der Waals surface area (Å²) in [5, 5.41) is 0.496. The largest absolute Gasteiger partial charge is 0.490 e. The van der Waals surface area contributed by atoms with E-state index >= 15 is 0 Å². The summed E-state index contributed by atoms with van der Waals surface area (Å²) in [7, 11) is 0. The lowest BCUT2D eigenvalue weighted by Crippen LogP contribution is -2.40. The molecule has 5 rings (SSSR count). The fourth-order valence-electron chi connectivity index (χ4n) is 4.54. The molecular formula is C31H26ClFN2O4S. The van der Waals surface area contributed by atoms with Crippen molar-refractivity contribution in [2.75, 3.05) is 6.61 Å². The van der Waals surface area contributed by atoms with Crippen LogP contribution in [0.2, 0.25) is 5.02 Å². The van der Waals surface area contributed by atoms with Crippen LogP contribution in [-0.2, 0) is 9.53 Å². The number of hydrogen-bond donors (Lipinski definition) is 0. The van der Waals surface area contributed by atoms with Crippen molar-refractivity contribution in [1.29, 1.82) is 0 Å². The van der Waals surface area contributed by atoms with Gasteiger partial charge in [-0.2, -0.15) is 0 Å². The summed E-state index contributed by atoms with van der Waals surface area (Å²) in [6.45, 7) is 5.68. The highest BCUT2D eigenvalue weighted by molar-refractivity contribution is 7.07. The number of hydrogen-bond acceptors (Lipinski definition) is 6. The van der Waals surface area contributed by atoms with Crippen LogP contribution in [0, 0.1) is 5.82 Å². The topological polar surface area (TPSA) is 69.9 Å². The molecule has 0 bridgehead atoms. The van der Waals surface area contributed by atoms with Crippen molar-refractivity contribution in [1.82, 2.24) is 4.57 Å². The van der Waals surface area contributed by atoms with Crippen molar-refractivity contribution >= 4 is 40.7 Å². The number of fused-ring (bicyclic) bond motifs is 1. The number of carbonyl (C=O) groups is 1. The maximum absolute atomic E-state index is 14.0. The van der Waals surface area contributed by atoms with Crippen molar-refractivity contribution in [2.45, 2.75) is 32.9 Å². The molecule has 40 heavy (non-hydrogen) atoms. The first kappa shape index (κ1) is 27.6. The van der Waals surface area contributed by atoms with Gasteiger partial charge < -0.3 is 9.47 Å². The maximum Gasteiger partial charge on any atom is 0.338 e. The van der Waals surface area contributed by atoms with Gasteiger partial charge in [-0.25, -0.2) is 14.2 Å². The first-order valence-corrected chi connectivity index (χ1v) is 14.0. The molecule has 0 spiro atoms. The number of rotatable bonds is 7. The summed E-state index contributed by atoms with van der Waals surface area (Å²) in [6.07, 6.45) is 1.62. The number of carbonyl (C=O) groups excluding carboxylic acids is 1. The summed E-state index contributed by atoms with van der Waals surface area (Å²) in [5.41, 5.74) is 2.11. The maximum atomic E-state index is 14.0. The molecule has 9 heteroatoms. The molecule has 0 saturated carbocycles. The highest BCUT2D eigenvalue weighted by Gasteiger charge is 2.35. The first-order valence-electron chi connectivity index (χ1n) is 12.8. The number of ether oxygens (including phenoxy) is 2.